The van der Waals surface area contributed by atoms with Crippen LogP contribution in [0, 0.1) is 0 Å². The first-order valence-electron chi connectivity index (χ1n) is 7.59. The maximum absolute atomic E-state index is 6.32. The fourth-order valence-corrected chi connectivity index (χ4v) is 4.03. The van der Waals surface area contributed by atoms with E-state index in [0.717, 1.165) is 31.7 Å². The van der Waals surface area contributed by atoms with E-state index in [9.17, 15) is 0 Å². The molecule has 4 heteroatoms. The Balaban J connectivity index is 1.69. The van der Waals surface area contributed by atoms with E-state index in [2.05, 4.69) is 16.3 Å². The summed E-state index contributed by atoms with van der Waals surface area (Å²) in [5.41, 5.74) is 1.49. The molecule has 2 aliphatic rings. The van der Waals surface area contributed by atoms with Crippen molar-refractivity contribution in [3.8, 4) is 0 Å². The number of hydrogen-bond donors (Lipinski definition) is 1. The van der Waals surface area contributed by atoms with E-state index < -0.39 is 0 Å². The average molecular weight is 313 g/mol. The second kappa shape index (κ2) is 6.23. The van der Waals surface area contributed by atoms with Crippen molar-refractivity contribution in [2.24, 2.45) is 0 Å². The summed E-state index contributed by atoms with van der Waals surface area (Å²) in [6.45, 7) is 4.21. The molecule has 2 fully saturated rings. The number of piperazine rings is 1. The maximum Gasteiger partial charge on any atom is 0.0637 e. The molecule has 1 saturated carbocycles. The van der Waals surface area contributed by atoms with E-state index in [-0.39, 0.29) is 0 Å². The Hall–Kier alpha value is -0.280. The lowest BCUT2D eigenvalue weighted by atomic mass is 9.80. The highest BCUT2D eigenvalue weighted by Gasteiger charge is 2.36. The SMILES string of the molecule is Clc1cccc(CN2CCNC3(CCCCC3)C2)c1Cl. The first-order chi connectivity index (χ1) is 9.69. The van der Waals surface area contributed by atoms with Crippen LogP contribution in [0.3, 0.4) is 0 Å². The fourth-order valence-electron chi connectivity index (χ4n) is 3.65. The zero-order chi connectivity index (χ0) is 14.0. The van der Waals surface area contributed by atoms with Crippen molar-refractivity contribution < 1.29 is 0 Å². The zero-order valence-electron chi connectivity index (χ0n) is 11.8. The number of rotatable bonds is 2. The van der Waals surface area contributed by atoms with Gasteiger partial charge in [-0.05, 0) is 24.5 Å². The predicted octanol–water partition coefficient (Wildman–Crippen LogP) is 4.10. The first kappa shape index (κ1) is 14.6. The summed E-state index contributed by atoms with van der Waals surface area (Å²) in [6, 6.07) is 5.93. The van der Waals surface area contributed by atoms with Crippen LogP contribution < -0.4 is 5.32 Å². The summed E-state index contributed by atoms with van der Waals surface area (Å²) in [4.78, 5) is 2.53. The fraction of sp³-hybridized carbons (Fsp3) is 0.625. The van der Waals surface area contributed by atoms with Crippen LogP contribution in [-0.4, -0.2) is 30.1 Å². The number of benzene rings is 1. The van der Waals surface area contributed by atoms with Gasteiger partial charge in [0.1, 0.15) is 0 Å². The van der Waals surface area contributed by atoms with Crippen LogP contribution in [0.5, 0.6) is 0 Å². The summed E-state index contributed by atoms with van der Waals surface area (Å²) in [7, 11) is 0. The molecule has 0 unspecified atom stereocenters. The largest absolute Gasteiger partial charge is 0.309 e. The zero-order valence-corrected chi connectivity index (χ0v) is 13.3. The van der Waals surface area contributed by atoms with Gasteiger partial charge in [-0.1, -0.05) is 54.6 Å². The van der Waals surface area contributed by atoms with Gasteiger partial charge >= 0.3 is 0 Å². The van der Waals surface area contributed by atoms with E-state index >= 15 is 0 Å². The van der Waals surface area contributed by atoms with Crippen LogP contribution in [0.15, 0.2) is 18.2 Å². The van der Waals surface area contributed by atoms with Crippen molar-refractivity contribution in [2.75, 3.05) is 19.6 Å². The van der Waals surface area contributed by atoms with Crippen molar-refractivity contribution in [3.63, 3.8) is 0 Å². The van der Waals surface area contributed by atoms with Crippen LogP contribution in [0.4, 0.5) is 0 Å². The molecule has 1 saturated heterocycles. The first-order valence-corrected chi connectivity index (χ1v) is 8.34. The predicted molar refractivity (Wildman–Crippen MR) is 85.6 cm³/mol. The van der Waals surface area contributed by atoms with Gasteiger partial charge in [-0.3, -0.25) is 4.90 Å². The average Bonchev–Trinajstić information content (AvgIpc) is 2.45. The van der Waals surface area contributed by atoms with Gasteiger partial charge in [0, 0.05) is 31.7 Å². The van der Waals surface area contributed by atoms with Crippen molar-refractivity contribution >= 4 is 23.2 Å². The Labute approximate surface area is 131 Å². The second-order valence-corrected chi connectivity index (χ2v) is 6.98. The minimum atomic E-state index is 0.349. The van der Waals surface area contributed by atoms with Gasteiger partial charge in [0.05, 0.1) is 10.0 Å². The highest BCUT2D eigenvalue weighted by molar-refractivity contribution is 6.42. The van der Waals surface area contributed by atoms with Gasteiger partial charge in [-0.15, -0.1) is 0 Å². The number of nitrogens with zero attached hydrogens (tertiary/aromatic N) is 1. The summed E-state index contributed by atoms with van der Waals surface area (Å²) in [5, 5.41) is 5.15. The smallest absolute Gasteiger partial charge is 0.0637 e. The molecule has 1 aliphatic carbocycles. The van der Waals surface area contributed by atoms with Gasteiger partial charge in [0.2, 0.25) is 0 Å². The van der Waals surface area contributed by atoms with Crippen molar-refractivity contribution in [1.82, 2.24) is 10.2 Å². The van der Waals surface area contributed by atoms with Crippen LogP contribution in [0.25, 0.3) is 0 Å². The van der Waals surface area contributed by atoms with Gasteiger partial charge in [-0.2, -0.15) is 0 Å². The minimum Gasteiger partial charge on any atom is -0.309 e. The topological polar surface area (TPSA) is 15.3 Å². The van der Waals surface area contributed by atoms with Gasteiger partial charge in [0.25, 0.3) is 0 Å². The van der Waals surface area contributed by atoms with Crippen molar-refractivity contribution in [1.29, 1.82) is 0 Å². The van der Waals surface area contributed by atoms with E-state index in [0.29, 0.717) is 15.6 Å². The summed E-state index contributed by atoms with van der Waals surface area (Å²) >= 11 is 12.4. The Morgan fingerprint density at radius 2 is 1.95 bits per heavy atom. The molecule has 3 rings (SSSR count). The van der Waals surface area contributed by atoms with Crippen LogP contribution >= 0.6 is 23.2 Å². The third-order valence-electron chi connectivity index (χ3n) is 4.69. The molecule has 110 valence electrons. The van der Waals surface area contributed by atoms with E-state index in [1.807, 2.05) is 12.1 Å². The molecule has 1 N–H and O–H groups in total. The Morgan fingerprint density at radius 3 is 2.75 bits per heavy atom. The number of nitrogens with one attached hydrogen (secondary N) is 1. The summed E-state index contributed by atoms with van der Waals surface area (Å²) in [5.74, 6) is 0. The summed E-state index contributed by atoms with van der Waals surface area (Å²) < 4.78 is 0. The molecule has 0 amide bonds. The molecule has 1 heterocycles. The molecule has 0 aromatic heterocycles. The third kappa shape index (κ3) is 3.14. The molecular formula is C16H22Cl2N2. The molecular weight excluding hydrogens is 291 g/mol. The highest BCUT2D eigenvalue weighted by atomic mass is 35.5. The maximum atomic E-state index is 6.32. The molecule has 2 nitrogen and oxygen atoms in total. The molecule has 1 aliphatic heterocycles. The van der Waals surface area contributed by atoms with Crippen molar-refractivity contribution in [3.05, 3.63) is 33.8 Å². The highest BCUT2D eigenvalue weighted by Crippen LogP contribution is 2.32. The van der Waals surface area contributed by atoms with Crippen LogP contribution in [-0.2, 0) is 6.54 Å². The number of hydrogen-bond acceptors (Lipinski definition) is 2. The van der Waals surface area contributed by atoms with Gasteiger partial charge in [0.15, 0.2) is 0 Å². The quantitative estimate of drug-likeness (QED) is 0.884. The van der Waals surface area contributed by atoms with E-state index in [4.69, 9.17) is 23.2 Å². The van der Waals surface area contributed by atoms with Crippen LogP contribution in [0.2, 0.25) is 10.0 Å². The van der Waals surface area contributed by atoms with E-state index in [1.54, 1.807) is 0 Å². The Bertz CT molecular complexity index is 464. The Morgan fingerprint density at radius 1 is 1.15 bits per heavy atom. The molecule has 1 aromatic rings. The van der Waals surface area contributed by atoms with Crippen LogP contribution in [0.1, 0.15) is 37.7 Å². The molecule has 0 bridgehead atoms. The van der Waals surface area contributed by atoms with Gasteiger partial charge in [-0.25, -0.2) is 0 Å². The monoisotopic (exact) mass is 312 g/mol. The normalized spacial score (nSPS) is 23.1. The standard InChI is InChI=1S/C16H22Cl2N2/c17-14-6-4-5-13(15(14)18)11-20-10-9-19-16(12-20)7-2-1-3-8-16/h4-6,19H,1-3,7-12H2. The molecule has 1 spiro atoms. The van der Waals surface area contributed by atoms with E-state index in [1.165, 1.54) is 32.1 Å². The third-order valence-corrected chi connectivity index (χ3v) is 5.55. The molecule has 0 atom stereocenters. The van der Waals surface area contributed by atoms with Crippen molar-refractivity contribution in [2.45, 2.75) is 44.2 Å². The second-order valence-electron chi connectivity index (χ2n) is 6.19. The molecule has 0 radical (unpaired) electrons. The number of halogens is 2. The minimum absolute atomic E-state index is 0.349. The lowest BCUT2D eigenvalue weighted by Crippen LogP contribution is -2.60. The van der Waals surface area contributed by atoms with Gasteiger partial charge < -0.3 is 5.32 Å². The molecule has 1 aromatic carbocycles. The summed E-state index contributed by atoms with van der Waals surface area (Å²) in [6.07, 6.45) is 6.74. The lowest BCUT2D eigenvalue weighted by Gasteiger charge is -2.46. The lowest BCUT2D eigenvalue weighted by molar-refractivity contribution is 0.0945. The Kier molecular flexibility index (Phi) is 4.56. The molecule has 20 heavy (non-hydrogen) atoms.